The Kier molecular flexibility index (Phi) is 5.05. The number of nitrogens with zero attached hydrogens (tertiary/aromatic N) is 3. The molecular weight excluding hydrogens is 378 g/mol. The van der Waals surface area contributed by atoms with E-state index in [1.807, 2.05) is 12.5 Å². The fraction of sp³-hybridized carbons (Fsp3) is 0.321. The van der Waals surface area contributed by atoms with Gasteiger partial charge >= 0.3 is 0 Å². The van der Waals surface area contributed by atoms with Crippen molar-refractivity contribution in [1.82, 2.24) is 9.97 Å². The van der Waals surface area contributed by atoms with E-state index in [1.54, 1.807) is 0 Å². The van der Waals surface area contributed by atoms with Crippen LogP contribution in [0.15, 0.2) is 55.0 Å². The van der Waals surface area contributed by atoms with Gasteiger partial charge in [0.05, 0.1) is 12.4 Å². The first-order valence-corrected chi connectivity index (χ1v) is 11.3. The second-order valence-corrected chi connectivity index (χ2v) is 9.14. The Labute approximate surface area is 184 Å². The molecular formula is C28H30N3+. The van der Waals surface area contributed by atoms with Gasteiger partial charge in [-0.2, -0.15) is 0 Å². The molecule has 2 aromatic carbocycles. The van der Waals surface area contributed by atoms with Crippen LogP contribution < -0.4 is 4.57 Å². The molecule has 0 bridgehead atoms. The number of benzene rings is 2. The molecule has 1 aliphatic rings. The van der Waals surface area contributed by atoms with Crippen LogP contribution in [0.1, 0.15) is 54.0 Å². The smallest absolute Gasteiger partial charge is 0.260 e. The highest BCUT2D eigenvalue weighted by Crippen LogP contribution is 2.35. The standard InChI is InChI=1S/C28H30N3/c1-18-13-19(2)20(3)24(14-18)28-25-15-22(9-12-27(25)30-17-31(28)4)23-10-11-26(29-16-23)21-7-5-6-8-21/h9-17,21H,5-8H2,1-4H3/q+1. The van der Waals surface area contributed by atoms with Gasteiger partial charge in [-0.15, -0.1) is 0 Å². The van der Waals surface area contributed by atoms with E-state index in [0.717, 1.165) is 5.52 Å². The van der Waals surface area contributed by atoms with Gasteiger partial charge in [0.15, 0.2) is 5.52 Å². The number of aromatic nitrogens is 3. The molecule has 5 rings (SSSR count). The molecule has 0 spiro atoms. The highest BCUT2D eigenvalue weighted by atomic mass is 15.0. The Bertz CT molecular complexity index is 1270. The van der Waals surface area contributed by atoms with Gasteiger partial charge in [0, 0.05) is 28.9 Å². The second kappa shape index (κ2) is 7.88. The predicted octanol–water partition coefficient (Wildman–Crippen LogP) is 6.37. The molecule has 31 heavy (non-hydrogen) atoms. The molecule has 1 aliphatic carbocycles. The number of hydrogen-bond acceptors (Lipinski definition) is 2. The van der Waals surface area contributed by atoms with Crippen LogP contribution in [-0.4, -0.2) is 9.97 Å². The summed E-state index contributed by atoms with van der Waals surface area (Å²) in [5, 5.41) is 1.18. The van der Waals surface area contributed by atoms with Gasteiger partial charge in [-0.1, -0.05) is 30.5 Å². The first-order valence-electron chi connectivity index (χ1n) is 11.3. The molecule has 1 saturated carbocycles. The van der Waals surface area contributed by atoms with Crippen molar-refractivity contribution in [1.29, 1.82) is 0 Å². The average Bonchev–Trinajstić information content (AvgIpc) is 3.31. The van der Waals surface area contributed by atoms with Crippen molar-refractivity contribution in [2.75, 3.05) is 0 Å². The minimum absolute atomic E-state index is 0.646. The monoisotopic (exact) mass is 408 g/mol. The lowest BCUT2D eigenvalue weighted by Crippen LogP contribution is -2.32. The summed E-state index contributed by atoms with van der Waals surface area (Å²) in [5.74, 6) is 0.646. The molecule has 2 heterocycles. The largest absolute Gasteiger partial charge is 0.287 e. The first-order chi connectivity index (χ1) is 15.0. The number of aryl methyl sites for hydroxylation is 3. The van der Waals surface area contributed by atoms with Crippen molar-refractivity contribution in [3.63, 3.8) is 0 Å². The molecule has 3 nitrogen and oxygen atoms in total. The number of rotatable bonds is 3. The maximum Gasteiger partial charge on any atom is 0.287 e. The Balaban J connectivity index is 1.64. The molecule has 2 aromatic heterocycles. The van der Waals surface area contributed by atoms with E-state index in [2.05, 4.69) is 79.8 Å². The van der Waals surface area contributed by atoms with Gasteiger partial charge in [-0.25, -0.2) is 4.57 Å². The van der Waals surface area contributed by atoms with E-state index in [-0.39, 0.29) is 0 Å². The summed E-state index contributed by atoms with van der Waals surface area (Å²) in [6.45, 7) is 6.58. The maximum atomic E-state index is 4.83. The average molecular weight is 409 g/mol. The van der Waals surface area contributed by atoms with Crippen LogP contribution in [0.2, 0.25) is 0 Å². The third kappa shape index (κ3) is 3.63. The summed E-state index contributed by atoms with van der Waals surface area (Å²) < 4.78 is 2.15. The van der Waals surface area contributed by atoms with Crippen LogP contribution in [-0.2, 0) is 7.05 Å². The topological polar surface area (TPSA) is 29.7 Å². The SMILES string of the molecule is Cc1cc(C)c(C)c(-c2c3cc(-c4ccc(C5CCCC5)nc4)ccc3nc[n+]2C)c1. The van der Waals surface area contributed by atoms with E-state index in [0.29, 0.717) is 5.92 Å². The molecule has 0 amide bonds. The van der Waals surface area contributed by atoms with Gasteiger partial charge in [0.1, 0.15) is 5.69 Å². The summed E-state index contributed by atoms with van der Waals surface area (Å²) in [5.41, 5.74) is 11.0. The summed E-state index contributed by atoms with van der Waals surface area (Å²) in [6.07, 6.45) is 9.21. The third-order valence-corrected chi connectivity index (χ3v) is 6.93. The second-order valence-electron chi connectivity index (χ2n) is 9.14. The van der Waals surface area contributed by atoms with Crippen LogP contribution in [0.5, 0.6) is 0 Å². The highest BCUT2D eigenvalue weighted by molar-refractivity contribution is 5.94. The molecule has 0 N–H and O–H groups in total. The minimum Gasteiger partial charge on any atom is -0.260 e. The number of pyridine rings is 1. The van der Waals surface area contributed by atoms with Gasteiger partial charge in [0.2, 0.25) is 0 Å². The summed E-state index contributed by atoms with van der Waals surface area (Å²) >= 11 is 0. The zero-order chi connectivity index (χ0) is 21.5. The van der Waals surface area contributed by atoms with E-state index < -0.39 is 0 Å². The number of fused-ring (bicyclic) bond motifs is 1. The van der Waals surface area contributed by atoms with Gasteiger partial charge in [-0.3, -0.25) is 4.98 Å². The van der Waals surface area contributed by atoms with Crippen molar-refractivity contribution in [3.05, 3.63) is 77.4 Å². The Morgan fingerprint density at radius 2 is 1.65 bits per heavy atom. The zero-order valence-corrected chi connectivity index (χ0v) is 18.9. The fourth-order valence-corrected chi connectivity index (χ4v) is 5.07. The van der Waals surface area contributed by atoms with E-state index >= 15 is 0 Å². The molecule has 0 aliphatic heterocycles. The predicted molar refractivity (Wildman–Crippen MR) is 127 cm³/mol. The maximum absolute atomic E-state index is 4.83. The zero-order valence-electron chi connectivity index (χ0n) is 18.9. The van der Waals surface area contributed by atoms with Crippen LogP contribution in [0.3, 0.4) is 0 Å². The molecule has 4 aromatic rings. The molecule has 0 atom stereocenters. The quantitative estimate of drug-likeness (QED) is 0.369. The third-order valence-electron chi connectivity index (χ3n) is 6.93. The van der Waals surface area contributed by atoms with Gasteiger partial charge in [0.25, 0.3) is 6.33 Å². The molecule has 156 valence electrons. The van der Waals surface area contributed by atoms with Gasteiger partial charge in [-0.05, 0) is 85.6 Å². The Hall–Kier alpha value is -3.07. The lowest BCUT2D eigenvalue weighted by molar-refractivity contribution is -0.662. The Morgan fingerprint density at radius 1 is 0.871 bits per heavy atom. The lowest BCUT2D eigenvalue weighted by atomic mass is 9.94. The number of hydrogen-bond donors (Lipinski definition) is 0. The molecule has 0 saturated heterocycles. The van der Waals surface area contributed by atoms with Crippen LogP contribution >= 0.6 is 0 Å². The lowest BCUT2D eigenvalue weighted by Gasteiger charge is -2.13. The molecule has 3 heteroatoms. The summed E-state index contributed by atoms with van der Waals surface area (Å²) in [4.78, 5) is 9.52. The summed E-state index contributed by atoms with van der Waals surface area (Å²) in [7, 11) is 2.09. The normalized spacial score (nSPS) is 14.5. The van der Waals surface area contributed by atoms with Crippen molar-refractivity contribution in [2.45, 2.75) is 52.4 Å². The van der Waals surface area contributed by atoms with Crippen LogP contribution in [0.4, 0.5) is 0 Å². The van der Waals surface area contributed by atoms with Crippen LogP contribution in [0, 0.1) is 20.8 Å². The Morgan fingerprint density at radius 3 is 2.39 bits per heavy atom. The first kappa shape index (κ1) is 19.9. The highest BCUT2D eigenvalue weighted by Gasteiger charge is 2.20. The van der Waals surface area contributed by atoms with Crippen molar-refractivity contribution < 1.29 is 4.57 Å². The van der Waals surface area contributed by atoms with Crippen molar-refractivity contribution in [3.8, 4) is 22.4 Å². The van der Waals surface area contributed by atoms with Crippen molar-refractivity contribution >= 4 is 10.9 Å². The van der Waals surface area contributed by atoms with Crippen LogP contribution in [0.25, 0.3) is 33.3 Å². The fourth-order valence-electron chi connectivity index (χ4n) is 5.07. The van der Waals surface area contributed by atoms with Crippen molar-refractivity contribution in [2.24, 2.45) is 7.05 Å². The molecule has 1 fully saturated rings. The summed E-state index contributed by atoms with van der Waals surface area (Å²) in [6, 6.07) is 15.6. The van der Waals surface area contributed by atoms with E-state index in [1.165, 1.54) is 75.8 Å². The van der Waals surface area contributed by atoms with E-state index in [9.17, 15) is 0 Å². The molecule has 0 radical (unpaired) electrons. The molecule has 0 unspecified atom stereocenters. The minimum atomic E-state index is 0.646. The van der Waals surface area contributed by atoms with Gasteiger partial charge < -0.3 is 0 Å². The van der Waals surface area contributed by atoms with E-state index in [4.69, 9.17) is 4.98 Å².